The van der Waals surface area contributed by atoms with Crippen LogP contribution in [-0.2, 0) is 17.1 Å². The van der Waals surface area contributed by atoms with Gasteiger partial charge < -0.3 is 30.6 Å². The monoisotopic (exact) mass is 323 g/mol. The normalized spacial score (nSPS) is 18.7. The van der Waals surface area contributed by atoms with Gasteiger partial charge in [-0.15, -0.1) is 0 Å². The average molecular weight is 324 g/mol. The van der Waals surface area contributed by atoms with Gasteiger partial charge in [0.05, 0.1) is 0 Å². The van der Waals surface area contributed by atoms with Crippen molar-refractivity contribution in [3.63, 3.8) is 0 Å². The number of carbonyl (C=O) groups is 2. The fourth-order valence-corrected chi connectivity index (χ4v) is 1.71. The minimum absolute atomic E-state index is 0. The maximum Gasteiger partial charge on any atom is 0.407 e. The number of rotatable bonds is 0. The maximum absolute atomic E-state index is 10.3. The first-order valence-corrected chi connectivity index (χ1v) is 5.98. The van der Waals surface area contributed by atoms with Crippen LogP contribution in [0.4, 0.5) is 9.59 Å². The van der Waals surface area contributed by atoms with Gasteiger partial charge in [0, 0.05) is 69.4 Å². The number of piperazine rings is 2. The van der Waals surface area contributed by atoms with Gasteiger partial charge in [-0.05, 0) is 0 Å². The van der Waals surface area contributed by atoms with Crippen molar-refractivity contribution >= 4 is 12.2 Å². The summed E-state index contributed by atoms with van der Waals surface area (Å²) < 4.78 is 0. The molecule has 0 aromatic rings. The minimum atomic E-state index is -0.809. The van der Waals surface area contributed by atoms with Gasteiger partial charge in [0.2, 0.25) is 0 Å². The van der Waals surface area contributed by atoms with E-state index in [-0.39, 0.29) is 17.1 Å². The maximum atomic E-state index is 10.3. The molecule has 0 aliphatic carbocycles. The van der Waals surface area contributed by atoms with E-state index in [1.807, 2.05) is 0 Å². The van der Waals surface area contributed by atoms with Crippen LogP contribution in [0.2, 0.25) is 0 Å². The van der Waals surface area contributed by atoms with Crippen LogP contribution in [0.15, 0.2) is 0 Å². The summed E-state index contributed by atoms with van der Waals surface area (Å²) in [4.78, 5) is 23.3. The predicted molar refractivity (Wildman–Crippen MR) is 64.9 cm³/mol. The van der Waals surface area contributed by atoms with Crippen molar-refractivity contribution in [3.05, 3.63) is 0 Å². The minimum Gasteiger partial charge on any atom is -0.465 e. The van der Waals surface area contributed by atoms with E-state index >= 15 is 0 Å². The number of hydrogen-bond acceptors (Lipinski definition) is 4. The molecule has 2 heterocycles. The molecule has 2 fully saturated rings. The molecule has 0 unspecified atom stereocenters. The molecule has 0 spiro atoms. The Bertz CT molecular complexity index is 253. The molecule has 1 radical (unpaired) electrons. The standard InChI is InChI=1S/2C5H10N2O2.Cu/c2*8-5(9)7-3-1-6-2-4-7;/h2*6H,1-4H2,(H,8,9);. The first-order valence-electron chi connectivity index (χ1n) is 5.98. The second-order valence-electron chi connectivity index (χ2n) is 4.04. The summed E-state index contributed by atoms with van der Waals surface area (Å²) in [7, 11) is 0. The van der Waals surface area contributed by atoms with E-state index < -0.39 is 12.2 Å². The van der Waals surface area contributed by atoms with Crippen molar-refractivity contribution in [2.75, 3.05) is 52.4 Å². The summed E-state index contributed by atoms with van der Waals surface area (Å²) in [6.45, 7) is 5.62. The molecule has 0 aromatic heterocycles. The van der Waals surface area contributed by atoms with Crippen molar-refractivity contribution in [1.29, 1.82) is 0 Å². The number of amides is 2. The third kappa shape index (κ3) is 7.22. The van der Waals surface area contributed by atoms with E-state index in [1.54, 1.807) is 0 Å². The molecule has 2 rings (SSSR count). The van der Waals surface area contributed by atoms with Crippen molar-refractivity contribution < 1.29 is 36.9 Å². The number of carboxylic acid groups (broad SMARTS) is 2. The third-order valence-corrected chi connectivity index (χ3v) is 2.78. The topological polar surface area (TPSA) is 105 Å². The summed E-state index contributed by atoms with van der Waals surface area (Å²) in [6.07, 6.45) is -1.62. The summed E-state index contributed by atoms with van der Waals surface area (Å²) in [5.41, 5.74) is 0. The van der Waals surface area contributed by atoms with Crippen LogP contribution in [-0.4, -0.2) is 84.6 Å². The van der Waals surface area contributed by atoms with Crippen LogP contribution in [0.25, 0.3) is 0 Å². The van der Waals surface area contributed by atoms with Crippen molar-refractivity contribution in [2.24, 2.45) is 0 Å². The van der Waals surface area contributed by atoms with Gasteiger partial charge in [-0.1, -0.05) is 0 Å². The molecule has 9 heteroatoms. The summed E-state index contributed by atoms with van der Waals surface area (Å²) in [5.74, 6) is 0. The number of nitrogens with zero attached hydrogens (tertiary/aromatic N) is 2. The van der Waals surface area contributed by atoms with E-state index in [9.17, 15) is 9.59 Å². The molecular formula is C10H20CuN4O4. The van der Waals surface area contributed by atoms with Crippen LogP contribution in [0.3, 0.4) is 0 Å². The van der Waals surface area contributed by atoms with Gasteiger partial charge in [-0.25, -0.2) is 9.59 Å². The Hall–Kier alpha value is -1.02. The van der Waals surface area contributed by atoms with Crippen molar-refractivity contribution in [3.8, 4) is 0 Å². The molecule has 19 heavy (non-hydrogen) atoms. The van der Waals surface area contributed by atoms with Gasteiger partial charge in [0.1, 0.15) is 0 Å². The molecule has 0 aromatic carbocycles. The second-order valence-corrected chi connectivity index (χ2v) is 4.04. The Morgan fingerprint density at radius 1 is 0.737 bits per heavy atom. The Labute approximate surface area is 122 Å². The molecule has 2 aliphatic heterocycles. The Morgan fingerprint density at radius 3 is 1.16 bits per heavy atom. The Kier molecular flexibility index (Phi) is 9.32. The molecular weight excluding hydrogens is 304 g/mol. The molecule has 8 nitrogen and oxygen atoms in total. The molecule has 2 aliphatic rings. The fraction of sp³-hybridized carbons (Fsp3) is 0.800. The molecule has 2 saturated heterocycles. The van der Waals surface area contributed by atoms with Crippen LogP contribution in [0, 0.1) is 0 Å². The second kappa shape index (κ2) is 9.85. The molecule has 2 amide bonds. The summed E-state index contributed by atoms with van der Waals surface area (Å²) >= 11 is 0. The fourth-order valence-electron chi connectivity index (χ4n) is 1.71. The summed E-state index contributed by atoms with van der Waals surface area (Å²) in [5, 5.41) is 23.0. The SMILES string of the molecule is O=C(O)N1CCNCC1.O=C(O)N1CCNCC1.[Cu]. The van der Waals surface area contributed by atoms with Crippen molar-refractivity contribution in [2.45, 2.75) is 0 Å². The molecule has 115 valence electrons. The largest absolute Gasteiger partial charge is 0.465 e. The Morgan fingerprint density at radius 2 is 1.00 bits per heavy atom. The van der Waals surface area contributed by atoms with Gasteiger partial charge in [0.15, 0.2) is 0 Å². The number of nitrogens with one attached hydrogen (secondary N) is 2. The average Bonchev–Trinajstić information content (AvgIpc) is 2.41. The molecule has 0 atom stereocenters. The molecule has 0 saturated carbocycles. The smallest absolute Gasteiger partial charge is 0.407 e. The number of hydrogen-bond donors (Lipinski definition) is 4. The van der Waals surface area contributed by atoms with E-state index in [0.29, 0.717) is 26.2 Å². The predicted octanol–water partition coefficient (Wildman–Crippen LogP) is -0.863. The zero-order chi connectivity index (χ0) is 13.4. The van der Waals surface area contributed by atoms with Crippen LogP contribution < -0.4 is 10.6 Å². The van der Waals surface area contributed by atoms with Crippen LogP contribution >= 0.6 is 0 Å². The van der Waals surface area contributed by atoms with Crippen LogP contribution in [0.1, 0.15) is 0 Å². The first-order chi connectivity index (χ1) is 8.61. The van der Waals surface area contributed by atoms with E-state index in [1.165, 1.54) is 9.80 Å². The van der Waals surface area contributed by atoms with Crippen LogP contribution in [0.5, 0.6) is 0 Å². The summed E-state index contributed by atoms with van der Waals surface area (Å²) in [6, 6.07) is 0. The third-order valence-electron chi connectivity index (χ3n) is 2.78. The zero-order valence-corrected chi connectivity index (χ0v) is 11.5. The van der Waals surface area contributed by atoms with Gasteiger partial charge in [-0.2, -0.15) is 0 Å². The quantitative estimate of drug-likeness (QED) is 0.432. The van der Waals surface area contributed by atoms with Gasteiger partial charge in [0.25, 0.3) is 0 Å². The van der Waals surface area contributed by atoms with E-state index in [4.69, 9.17) is 10.2 Å². The first kappa shape index (κ1) is 18.0. The van der Waals surface area contributed by atoms with E-state index in [0.717, 1.165) is 26.2 Å². The van der Waals surface area contributed by atoms with Crippen molar-refractivity contribution in [1.82, 2.24) is 20.4 Å². The molecule has 4 N–H and O–H groups in total. The van der Waals surface area contributed by atoms with Gasteiger partial charge >= 0.3 is 12.2 Å². The zero-order valence-electron chi connectivity index (χ0n) is 10.6. The Balaban J connectivity index is 0.000000324. The van der Waals surface area contributed by atoms with E-state index in [2.05, 4.69) is 10.6 Å². The molecule has 0 bridgehead atoms. The van der Waals surface area contributed by atoms with Gasteiger partial charge in [-0.3, -0.25) is 0 Å².